The zero-order chi connectivity index (χ0) is 25.0. The van der Waals surface area contributed by atoms with Gasteiger partial charge in [-0.05, 0) is 38.5 Å². The van der Waals surface area contributed by atoms with E-state index in [9.17, 15) is 9.59 Å². The van der Waals surface area contributed by atoms with Gasteiger partial charge in [0.05, 0.1) is 13.2 Å². The van der Waals surface area contributed by atoms with Crippen LogP contribution < -0.4 is 0 Å². The van der Waals surface area contributed by atoms with Crippen LogP contribution in [-0.2, 0) is 19.1 Å². The van der Waals surface area contributed by atoms with E-state index in [4.69, 9.17) is 9.47 Å². The molecule has 4 nitrogen and oxygen atoms in total. The second kappa shape index (κ2) is 27.9. The molecule has 0 saturated heterocycles. The second-order valence-electron chi connectivity index (χ2n) is 9.65. The van der Waals surface area contributed by atoms with Gasteiger partial charge in [0.1, 0.15) is 0 Å². The highest BCUT2D eigenvalue weighted by molar-refractivity contribution is 5.70. The van der Waals surface area contributed by atoms with Gasteiger partial charge in [0.2, 0.25) is 0 Å². The van der Waals surface area contributed by atoms with Crippen molar-refractivity contribution in [1.82, 2.24) is 0 Å². The van der Waals surface area contributed by atoms with Crippen LogP contribution in [0.5, 0.6) is 0 Å². The average molecular weight is 481 g/mol. The van der Waals surface area contributed by atoms with Crippen LogP contribution in [0.4, 0.5) is 0 Å². The van der Waals surface area contributed by atoms with Crippen molar-refractivity contribution in [2.24, 2.45) is 0 Å². The smallest absolute Gasteiger partial charge is 0.305 e. The van der Waals surface area contributed by atoms with E-state index in [1.54, 1.807) is 0 Å². The van der Waals surface area contributed by atoms with Crippen molar-refractivity contribution < 1.29 is 19.1 Å². The summed E-state index contributed by atoms with van der Waals surface area (Å²) in [7, 11) is 0. The molecule has 0 aliphatic carbocycles. The van der Waals surface area contributed by atoms with E-state index in [2.05, 4.69) is 26.0 Å². The van der Waals surface area contributed by atoms with Gasteiger partial charge in [-0.1, -0.05) is 116 Å². The lowest BCUT2D eigenvalue weighted by atomic mass is 10.0. The van der Waals surface area contributed by atoms with E-state index in [-0.39, 0.29) is 11.9 Å². The average Bonchev–Trinajstić information content (AvgIpc) is 2.83. The molecule has 0 aliphatic rings. The van der Waals surface area contributed by atoms with Crippen LogP contribution in [0.15, 0.2) is 12.2 Å². The molecule has 34 heavy (non-hydrogen) atoms. The molecule has 0 atom stereocenters. The Hall–Kier alpha value is -1.32. The molecule has 0 unspecified atom stereocenters. The Kier molecular flexibility index (Phi) is 26.8. The fourth-order valence-electron chi connectivity index (χ4n) is 3.98. The summed E-state index contributed by atoms with van der Waals surface area (Å²) in [5.74, 6) is -0.305. The molecular weight excluding hydrogens is 424 g/mol. The van der Waals surface area contributed by atoms with Gasteiger partial charge in [-0.2, -0.15) is 0 Å². The maximum absolute atomic E-state index is 11.8. The third-order valence-electron chi connectivity index (χ3n) is 6.21. The first kappa shape index (κ1) is 32.7. The molecule has 0 N–H and O–H groups in total. The van der Waals surface area contributed by atoms with Gasteiger partial charge in [-0.15, -0.1) is 0 Å². The Labute approximate surface area is 211 Å². The Morgan fingerprint density at radius 1 is 0.471 bits per heavy atom. The second-order valence-corrected chi connectivity index (χ2v) is 9.65. The quantitative estimate of drug-likeness (QED) is 0.0703. The number of carbonyl (C=O) groups is 2. The third kappa shape index (κ3) is 26.9. The highest BCUT2D eigenvalue weighted by Crippen LogP contribution is 2.12. The lowest BCUT2D eigenvalue weighted by Gasteiger charge is -2.06. The Morgan fingerprint density at radius 2 is 0.882 bits per heavy atom. The van der Waals surface area contributed by atoms with Gasteiger partial charge < -0.3 is 9.47 Å². The van der Waals surface area contributed by atoms with Crippen LogP contribution in [0.2, 0.25) is 0 Å². The maximum Gasteiger partial charge on any atom is 0.305 e. The fourth-order valence-corrected chi connectivity index (χ4v) is 3.98. The van der Waals surface area contributed by atoms with Crippen molar-refractivity contribution in [1.29, 1.82) is 0 Å². The lowest BCUT2D eigenvalue weighted by Crippen LogP contribution is -2.07. The molecule has 0 fully saturated rings. The normalized spacial score (nSPS) is 11.2. The molecule has 0 spiro atoms. The molecule has 0 bridgehead atoms. The number of esters is 2. The standard InChI is InChI=1S/C30H56O4/c1-3-5-7-9-11-12-13-14-15-16-18-20-24-28-34-30(32)26-22-21-25-29(31)33-27-23-19-17-10-8-6-4-2/h17,19H,3-16,18,20-28H2,1-2H3/b19-17-. The first-order chi connectivity index (χ1) is 16.7. The molecule has 0 radical (unpaired) electrons. The largest absolute Gasteiger partial charge is 0.466 e. The van der Waals surface area contributed by atoms with E-state index in [0.29, 0.717) is 38.9 Å². The molecule has 0 aliphatic heterocycles. The van der Waals surface area contributed by atoms with E-state index in [1.165, 1.54) is 89.9 Å². The summed E-state index contributed by atoms with van der Waals surface area (Å²) >= 11 is 0. The summed E-state index contributed by atoms with van der Waals surface area (Å²) in [6.45, 7) is 5.45. The topological polar surface area (TPSA) is 52.6 Å². The van der Waals surface area contributed by atoms with Crippen molar-refractivity contribution in [3.8, 4) is 0 Å². The highest BCUT2D eigenvalue weighted by Gasteiger charge is 2.06. The van der Waals surface area contributed by atoms with Gasteiger partial charge in [-0.25, -0.2) is 0 Å². The SMILES string of the molecule is CCCCC/C=C\CCOC(=O)CCCCC(=O)OCCCCCCCCCCCCCCC. The van der Waals surface area contributed by atoms with Gasteiger partial charge >= 0.3 is 11.9 Å². The fraction of sp³-hybridized carbons (Fsp3) is 0.867. The Morgan fingerprint density at radius 3 is 1.41 bits per heavy atom. The van der Waals surface area contributed by atoms with Crippen LogP contribution in [0.25, 0.3) is 0 Å². The number of ether oxygens (including phenoxy) is 2. The summed E-state index contributed by atoms with van der Waals surface area (Å²) in [6, 6.07) is 0. The van der Waals surface area contributed by atoms with Crippen LogP contribution in [0.3, 0.4) is 0 Å². The summed E-state index contributed by atoms with van der Waals surface area (Å²) in [6.07, 6.45) is 29.1. The van der Waals surface area contributed by atoms with Gasteiger partial charge in [-0.3, -0.25) is 9.59 Å². The van der Waals surface area contributed by atoms with Crippen molar-refractivity contribution >= 4 is 11.9 Å². The third-order valence-corrected chi connectivity index (χ3v) is 6.21. The number of carbonyl (C=O) groups excluding carboxylic acids is 2. The number of rotatable bonds is 26. The predicted molar refractivity (Wildman–Crippen MR) is 144 cm³/mol. The summed E-state index contributed by atoms with van der Waals surface area (Å²) < 4.78 is 10.5. The number of unbranched alkanes of at least 4 members (excludes halogenated alkanes) is 16. The van der Waals surface area contributed by atoms with Crippen molar-refractivity contribution in [3.63, 3.8) is 0 Å². The molecule has 0 heterocycles. The Bertz CT molecular complexity index is 472. The zero-order valence-electron chi connectivity index (χ0n) is 22.8. The minimum Gasteiger partial charge on any atom is -0.466 e. The molecule has 200 valence electrons. The van der Waals surface area contributed by atoms with Crippen LogP contribution in [0, 0.1) is 0 Å². The van der Waals surface area contributed by atoms with E-state index >= 15 is 0 Å². The van der Waals surface area contributed by atoms with E-state index < -0.39 is 0 Å². The number of hydrogen-bond acceptors (Lipinski definition) is 4. The molecular formula is C30H56O4. The van der Waals surface area contributed by atoms with Crippen LogP contribution in [0.1, 0.15) is 155 Å². The van der Waals surface area contributed by atoms with Gasteiger partial charge in [0.15, 0.2) is 0 Å². The van der Waals surface area contributed by atoms with E-state index in [1.807, 2.05) is 0 Å². The Balaban J connectivity index is 3.31. The molecule has 0 aromatic rings. The summed E-state index contributed by atoms with van der Waals surface area (Å²) in [4.78, 5) is 23.5. The first-order valence-corrected chi connectivity index (χ1v) is 14.7. The summed E-state index contributed by atoms with van der Waals surface area (Å²) in [5, 5.41) is 0. The number of allylic oxidation sites excluding steroid dienone is 1. The van der Waals surface area contributed by atoms with Crippen LogP contribution in [-0.4, -0.2) is 25.2 Å². The van der Waals surface area contributed by atoms with E-state index in [0.717, 1.165) is 25.7 Å². The van der Waals surface area contributed by atoms with Crippen LogP contribution >= 0.6 is 0 Å². The molecule has 4 heteroatoms. The first-order valence-electron chi connectivity index (χ1n) is 14.7. The molecule has 0 aromatic heterocycles. The molecule has 0 aromatic carbocycles. The molecule has 0 amide bonds. The van der Waals surface area contributed by atoms with Gasteiger partial charge in [0, 0.05) is 12.8 Å². The molecule has 0 saturated carbocycles. The highest BCUT2D eigenvalue weighted by atomic mass is 16.5. The van der Waals surface area contributed by atoms with Gasteiger partial charge in [0.25, 0.3) is 0 Å². The molecule has 0 rings (SSSR count). The minimum absolute atomic E-state index is 0.138. The van der Waals surface area contributed by atoms with Crippen molar-refractivity contribution in [3.05, 3.63) is 12.2 Å². The monoisotopic (exact) mass is 480 g/mol. The van der Waals surface area contributed by atoms with Crippen molar-refractivity contribution in [2.45, 2.75) is 155 Å². The maximum atomic E-state index is 11.8. The minimum atomic E-state index is -0.167. The predicted octanol–water partition coefficient (Wildman–Crippen LogP) is 9.25. The number of hydrogen-bond donors (Lipinski definition) is 0. The zero-order valence-corrected chi connectivity index (χ0v) is 22.8. The lowest BCUT2D eigenvalue weighted by molar-refractivity contribution is -0.145. The summed E-state index contributed by atoms with van der Waals surface area (Å²) in [5.41, 5.74) is 0. The van der Waals surface area contributed by atoms with Crippen molar-refractivity contribution in [2.75, 3.05) is 13.2 Å².